The van der Waals surface area contributed by atoms with Gasteiger partial charge in [-0.15, -0.1) is 0 Å². The Balaban J connectivity index is 2.81. The van der Waals surface area contributed by atoms with Crippen LogP contribution in [0.5, 0.6) is 0 Å². The molecule has 0 aliphatic heterocycles. The van der Waals surface area contributed by atoms with Crippen molar-refractivity contribution in [1.29, 1.82) is 0 Å². The van der Waals surface area contributed by atoms with Gasteiger partial charge in [-0.25, -0.2) is 0 Å². The third-order valence-corrected chi connectivity index (χ3v) is 14.9. The van der Waals surface area contributed by atoms with Gasteiger partial charge >= 0.3 is 8.80 Å². The molecule has 0 amide bonds. The zero-order valence-electron chi connectivity index (χ0n) is 20.2. The smallest absolute Gasteiger partial charge is 0.374 e. The van der Waals surface area contributed by atoms with Crippen molar-refractivity contribution in [2.75, 3.05) is 26.4 Å². The monoisotopic (exact) mass is 439 g/mol. The molecule has 1 rings (SSSR count). The molecule has 0 aliphatic carbocycles. The van der Waals surface area contributed by atoms with Crippen molar-refractivity contribution < 1.29 is 13.3 Å². The molecule has 6 heteroatoms. The van der Waals surface area contributed by atoms with Crippen molar-refractivity contribution in [1.82, 2.24) is 4.57 Å². The van der Waals surface area contributed by atoms with Gasteiger partial charge in [0.2, 0.25) is 0 Å². The summed E-state index contributed by atoms with van der Waals surface area (Å²) in [5.41, 5.74) is 1.40. The van der Waals surface area contributed by atoms with Crippen molar-refractivity contribution in [3.05, 3.63) is 35.9 Å². The van der Waals surface area contributed by atoms with Gasteiger partial charge in [0.05, 0.1) is 0 Å². The molecule has 0 aromatic heterocycles. The van der Waals surface area contributed by atoms with Crippen molar-refractivity contribution in [3.8, 4) is 0 Å². The van der Waals surface area contributed by atoms with E-state index in [9.17, 15) is 0 Å². The first-order valence-electron chi connectivity index (χ1n) is 11.3. The quantitative estimate of drug-likeness (QED) is 0.250. The molecule has 0 fully saturated rings. The van der Waals surface area contributed by atoms with Crippen molar-refractivity contribution in [3.63, 3.8) is 0 Å². The number of hydrogen-bond acceptors (Lipinski definition) is 4. The van der Waals surface area contributed by atoms with E-state index in [1.165, 1.54) is 5.56 Å². The highest BCUT2D eigenvalue weighted by molar-refractivity contribution is 6.77. The second kappa shape index (κ2) is 12.4. The van der Waals surface area contributed by atoms with E-state index < -0.39 is 17.0 Å². The van der Waals surface area contributed by atoms with Crippen LogP contribution >= 0.6 is 0 Å². The van der Waals surface area contributed by atoms with Crippen molar-refractivity contribution >= 4 is 17.0 Å². The van der Waals surface area contributed by atoms with Crippen LogP contribution in [0, 0.1) is 0 Å². The second-order valence-corrected chi connectivity index (χ2v) is 17.1. The lowest BCUT2D eigenvalue weighted by molar-refractivity contribution is 0.0705. The second-order valence-electron chi connectivity index (χ2n) is 9.16. The van der Waals surface area contributed by atoms with Gasteiger partial charge in [-0.05, 0) is 50.8 Å². The van der Waals surface area contributed by atoms with Gasteiger partial charge < -0.3 is 17.8 Å². The Labute approximate surface area is 182 Å². The van der Waals surface area contributed by atoms with Crippen LogP contribution in [-0.2, 0) is 19.8 Å². The van der Waals surface area contributed by atoms with E-state index in [4.69, 9.17) is 13.3 Å². The summed E-state index contributed by atoms with van der Waals surface area (Å²) in [6.45, 7) is 22.4. The fraction of sp³-hybridized carbons (Fsp3) is 0.739. The maximum atomic E-state index is 6.02. The molecule has 0 bridgehead atoms. The minimum atomic E-state index is -2.53. The van der Waals surface area contributed by atoms with E-state index in [-0.39, 0.29) is 0 Å². The van der Waals surface area contributed by atoms with E-state index in [0.717, 1.165) is 32.0 Å². The minimum absolute atomic E-state index is 0.322. The van der Waals surface area contributed by atoms with Crippen LogP contribution in [0.4, 0.5) is 0 Å². The maximum Gasteiger partial charge on any atom is 0.500 e. The molecule has 0 heterocycles. The number of nitrogens with zero attached hydrogens (tertiary/aromatic N) is 1. The molecule has 0 aliphatic rings. The first-order valence-corrected chi connectivity index (χ1v) is 16.2. The zero-order valence-corrected chi connectivity index (χ0v) is 22.2. The fourth-order valence-electron chi connectivity index (χ4n) is 3.48. The lowest BCUT2D eigenvalue weighted by Gasteiger charge is -2.46. The normalized spacial score (nSPS) is 13.3. The Bertz CT molecular complexity index is 544. The van der Waals surface area contributed by atoms with E-state index in [1.54, 1.807) is 0 Å². The highest BCUT2D eigenvalue weighted by atomic mass is 28.4. The number of hydrogen-bond donors (Lipinski definition) is 0. The van der Waals surface area contributed by atoms with Crippen LogP contribution in [0.3, 0.4) is 0 Å². The van der Waals surface area contributed by atoms with Crippen LogP contribution < -0.4 is 0 Å². The molecule has 0 N–H and O–H groups in total. The largest absolute Gasteiger partial charge is 0.500 e. The number of benzene rings is 1. The molecule has 0 radical (unpaired) electrons. The van der Waals surface area contributed by atoms with Gasteiger partial charge in [0.25, 0.3) is 0 Å². The van der Waals surface area contributed by atoms with E-state index >= 15 is 0 Å². The van der Waals surface area contributed by atoms with Crippen molar-refractivity contribution in [2.24, 2.45) is 0 Å². The molecule has 0 saturated carbocycles. The van der Waals surface area contributed by atoms with Gasteiger partial charge in [0.15, 0.2) is 0 Å². The molecule has 1 aromatic carbocycles. The average molecular weight is 440 g/mol. The number of unbranched alkanes of at least 4 members (excludes halogenated alkanes) is 1. The van der Waals surface area contributed by atoms with E-state index in [2.05, 4.69) is 68.8 Å². The summed E-state index contributed by atoms with van der Waals surface area (Å²) in [6.07, 6.45) is 2.22. The predicted molar refractivity (Wildman–Crippen MR) is 129 cm³/mol. The summed E-state index contributed by atoms with van der Waals surface area (Å²) in [5, 5.41) is 0.322. The fourth-order valence-corrected chi connectivity index (χ4v) is 8.41. The first kappa shape index (κ1) is 26.5. The molecule has 0 unspecified atom stereocenters. The summed E-state index contributed by atoms with van der Waals surface area (Å²) >= 11 is 0. The lowest BCUT2D eigenvalue weighted by Crippen LogP contribution is -2.54. The van der Waals surface area contributed by atoms with Crippen LogP contribution in [0.25, 0.3) is 0 Å². The molecule has 4 nitrogen and oxygen atoms in total. The molecular weight excluding hydrogens is 394 g/mol. The Hall–Kier alpha value is -0.506. The first-order chi connectivity index (χ1) is 13.6. The molecule has 1 aromatic rings. The Morgan fingerprint density at radius 3 is 1.79 bits per heavy atom. The van der Waals surface area contributed by atoms with Gasteiger partial charge in [-0.1, -0.05) is 64.2 Å². The lowest BCUT2D eigenvalue weighted by atomic mass is 10.2. The summed E-state index contributed by atoms with van der Waals surface area (Å²) in [6, 6.07) is 11.8. The van der Waals surface area contributed by atoms with Gasteiger partial charge in [0, 0.05) is 32.4 Å². The Morgan fingerprint density at radius 2 is 1.34 bits per heavy atom. The molecular formula is C23H45NO3Si2. The zero-order chi connectivity index (χ0) is 22.0. The third-order valence-electron chi connectivity index (χ3n) is 6.10. The molecule has 0 spiro atoms. The SMILES string of the molecule is CCO[Si](CCCCN(Cc1ccccc1)[Si](C)(C)C(C)(C)C)(OCC)OCC. The van der Waals surface area contributed by atoms with Crippen LogP contribution in [0.15, 0.2) is 30.3 Å². The van der Waals surface area contributed by atoms with Crippen molar-refractivity contribution in [2.45, 2.75) is 85.1 Å². The van der Waals surface area contributed by atoms with Gasteiger partial charge in [-0.3, -0.25) is 0 Å². The highest BCUT2D eigenvalue weighted by Gasteiger charge is 2.42. The topological polar surface area (TPSA) is 30.9 Å². The Kier molecular flexibility index (Phi) is 11.3. The third kappa shape index (κ3) is 8.27. The van der Waals surface area contributed by atoms with Gasteiger partial charge in [0.1, 0.15) is 8.24 Å². The van der Waals surface area contributed by atoms with E-state index in [0.29, 0.717) is 24.9 Å². The van der Waals surface area contributed by atoms with Crippen LogP contribution in [0.2, 0.25) is 24.2 Å². The van der Waals surface area contributed by atoms with E-state index in [1.807, 2.05) is 20.8 Å². The summed E-state index contributed by atoms with van der Waals surface area (Å²) in [5.74, 6) is 0. The summed E-state index contributed by atoms with van der Waals surface area (Å²) in [4.78, 5) is 0. The highest BCUT2D eigenvalue weighted by Crippen LogP contribution is 2.39. The Morgan fingerprint density at radius 1 is 0.828 bits per heavy atom. The summed E-state index contributed by atoms with van der Waals surface area (Å²) < 4.78 is 20.8. The molecule has 168 valence electrons. The average Bonchev–Trinajstić information content (AvgIpc) is 2.64. The standard InChI is InChI=1S/C23H45NO3Si2/c1-9-25-29(26-10-2,27-11-3)20-16-15-19-24(28(7,8)23(4,5)6)21-22-17-13-12-14-18-22/h12-14,17-18H,9-11,15-16,19-21H2,1-8H3. The predicted octanol–water partition coefficient (Wildman–Crippen LogP) is 6.32. The minimum Gasteiger partial charge on any atom is -0.374 e. The van der Waals surface area contributed by atoms with Crippen LogP contribution in [-0.4, -0.2) is 48.0 Å². The summed E-state index contributed by atoms with van der Waals surface area (Å²) in [7, 11) is -4.14. The maximum absolute atomic E-state index is 6.02. The molecule has 0 saturated heterocycles. The molecule has 0 atom stereocenters. The molecule has 29 heavy (non-hydrogen) atoms. The van der Waals surface area contributed by atoms with Gasteiger partial charge in [-0.2, -0.15) is 0 Å². The van der Waals surface area contributed by atoms with Crippen LogP contribution in [0.1, 0.15) is 59.9 Å². The number of rotatable bonds is 14.